The minimum absolute atomic E-state index is 0.0632. The lowest BCUT2D eigenvalue weighted by atomic mass is 10.2. The number of unbranched alkanes of at least 4 members (excludes halogenated alkanes) is 1. The van der Waals surface area contributed by atoms with Crippen molar-refractivity contribution in [3.63, 3.8) is 0 Å². The van der Waals surface area contributed by atoms with Gasteiger partial charge in [-0.05, 0) is 38.8 Å². The Morgan fingerprint density at radius 1 is 0.619 bits per heavy atom. The first kappa shape index (κ1) is 43.2. The molecule has 1 aromatic carbocycles. The van der Waals surface area contributed by atoms with Crippen molar-refractivity contribution in [1.29, 1.82) is 0 Å². The first-order valence-corrected chi connectivity index (χ1v) is 14.0. The Labute approximate surface area is 248 Å². The Kier molecular flexibility index (Phi) is 36.8. The number of para-hydroxylation sites is 1. The molecule has 244 valence electrons. The molecule has 1 rings (SSSR count). The third kappa shape index (κ3) is 41.2. The highest BCUT2D eigenvalue weighted by Gasteiger charge is 2.07. The number of carbonyl (C=O) groups excluding carboxylic acids is 2. The summed E-state index contributed by atoms with van der Waals surface area (Å²) in [6, 6.07) is 9.43. The van der Waals surface area contributed by atoms with Gasteiger partial charge in [-0.2, -0.15) is 0 Å². The SMILES string of the molecule is CCCCOCCOCCO.CCOC(=O)CCC(=O)OCC.O=C(O)CCCC(=O)O.OCCOc1ccccc1. The lowest BCUT2D eigenvalue weighted by molar-refractivity contribution is -0.149. The number of carbonyl (C=O) groups is 4. The van der Waals surface area contributed by atoms with Gasteiger partial charge in [-0.15, -0.1) is 0 Å². The Hall–Kier alpha value is -3.26. The van der Waals surface area contributed by atoms with Crippen molar-refractivity contribution in [2.75, 3.05) is 59.5 Å². The van der Waals surface area contributed by atoms with E-state index in [-0.39, 0.29) is 57.3 Å². The molecule has 0 unspecified atom stereocenters. The number of aliphatic hydroxyl groups is 2. The van der Waals surface area contributed by atoms with Crippen LogP contribution in [-0.2, 0) is 38.1 Å². The molecule has 0 aliphatic heterocycles. The molecule has 4 N–H and O–H groups in total. The van der Waals surface area contributed by atoms with Crippen molar-refractivity contribution >= 4 is 23.9 Å². The van der Waals surface area contributed by atoms with Gasteiger partial charge in [0, 0.05) is 19.4 Å². The largest absolute Gasteiger partial charge is 0.491 e. The van der Waals surface area contributed by atoms with Crippen LogP contribution in [0.2, 0.25) is 0 Å². The summed E-state index contributed by atoms with van der Waals surface area (Å²) < 4.78 is 24.6. The molecular weight excluding hydrogens is 556 g/mol. The number of carboxylic acid groups (broad SMARTS) is 2. The highest BCUT2D eigenvalue weighted by atomic mass is 16.5. The Balaban J connectivity index is -0.000000485. The van der Waals surface area contributed by atoms with E-state index >= 15 is 0 Å². The van der Waals surface area contributed by atoms with Crippen molar-refractivity contribution in [3.05, 3.63) is 30.3 Å². The van der Waals surface area contributed by atoms with Crippen LogP contribution in [0.5, 0.6) is 5.75 Å². The molecule has 0 aliphatic rings. The van der Waals surface area contributed by atoms with E-state index in [9.17, 15) is 19.2 Å². The van der Waals surface area contributed by atoms with Gasteiger partial charge < -0.3 is 44.1 Å². The third-order valence-corrected chi connectivity index (χ3v) is 4.28. The fourth-order valence-corrected chi connectivity index (χ4v) is 2.37. The Morgan fingerprint density at radius 2 is 1.10 bits per heavy atom. The van der Waals surface area contributed by atoms with Gasteiger partial charge in [-0.25, -0.2) is 0 Å². The molecule has 0 atom stereocenters. The van der Waals surface area contributed by atoms with E-state index in [1.807, 2.05) is 30.3 Å². The van der Waals surface area contributed by atoms with Gasteiger partial charge >= 0.3 is 23.9 Å². The molecule has 0 aliphatic carbocycles. The molecule has 0 aromatic heterocycles. The quantitative estimate of drug-likeness (QED) is 0.125. The van der Waals surface area contributed by atoms with Crippen molar-refractivity contribution in [2.24, 2.45) is 0 Å². The number of ether oxygens (including phenoxy) is 5. The van der Waals surface area contributed by atoms with Crippen LogP contribution in [0.3, 0.4) is 0 Å². The van der Waals surface area contributed by atoms with Crippen molar-refractivity contribution in [1.82, 2.24) is 0 Å². The number of benzene rings is 1. The van der Waals surface area contributed by atoms with Crippen molar-refractivity contribution in [3.8, 4) is 5.75 Å². The smallest absolute Gasteiger partial charge is 0.306 e. The number of esters is 2. The van der Waals surface area contributed by atoms with E-state index in [1.54, 1.807) is 13.8 Å². The molecule has 0 fully saturated rings. The van der Waals surface area contributed by atoms with Crippen LogP contribution in [0.4, 0.5) is 0 Å². The highest BCUT2D eigenvalue weighted by Crippen LogP contribution is 2.07. The predicted octanol–water partition coefficient (Wildman–Crippen LogP) is 3.09. The van der Waals surface area contributed by atoms with E-state index in [0.717, 1.165) is 25.2 Å². The molecule has 0 amide bonds. The van der Waals surface area contributed by atoms with Crippen molar-refractivity contribution < 1.29 is 63.3 Å². The number of hydrogen-bond donors (Lipinski definition) is 4. The minimum atomic E-state index is -0.948. The van der Waals surface area contributed by atoms with Crippen LogP contribution in [0.15, 0.2) is 30.3 Å². The second kappa shape index (κ2) is 35.8. The predicted molar refractivity (Wildman–Crippen MR) is 154 cm³/mol. The highest BCUT2D eigenvalue weighted by molar-refractivity contribution is 5.77. The van der Waals surface area contributed by atoms with Crippen molar-refractivity contribution in [2.45, 2.75) is 65.7 Å². The topological polar surface area (TPSA) is 195 Å². The summed E-state index contributed by atoms with van der Waals surface area (Å²) in [5, 5.41) is 32.8. The molecule has 0 saturated heterocycles. The van der Waals surface area contributed by atoms with Crippen LogP contribution < -0.4 is 4.74 Å². The van der Waals surface area contributed by atoms with E-state index in [2.05, 4.69) is 16.4 Å². The molecule has 0 bridgehead atoms. The molecule has 13 nitrogen and oxygen atoms in total. The summed E-state index contributed by atoms with van der Waals surface area (Å²) >= 11 is 0. The molecule has 0 spiro atoms. The van der Waals surface area contributed by atoms with E-state index in [4.69, 9.17) is 34.6 Å². The number of carboxylic acids is 2. The first-order valence-electron chi connectivity index (χ1n) is 14.0. The van der Waals surface area contributed by atoms with Crippen LogP contribution in [0.1, 0.15) is 65.7 Å². The minimum Gasteiger partial charge on any atom is -0.491 e. The molecule has 0 heterocycles. The van der Waals surface area contributed by atoms with Gasteiger partial charge in [0.1, 0.15) is 12.4 Å². The zero-order valence-corrected chi connectivity index (χ0v) is 25.2. The maximum Gasteiger partial charge on any atom is 0.306 e. The maximum absolute atomic E-state index is 10.7. The van der Waals surface area contributed by atoms with Gasteiger partial charge in [-0.3, -0.25) is 19.2 Å². The Morgan fingerprint density at radius 3 is 1.50 bits per heavy atom. The zero-order valence-electron chi connectivity index (χ0n) is 25.2. The molecule has 13 heteroatoms. The van der Waals surface area contributed by atoms with E-state index < -0.39 is 11.9 Å². The normalized spacial score (nSPS) is 9.45. The van der Waals surface area contributed by atoms with E-state index in [1.165, 1.54) is 0 Å². The summed E-state index contributed by atoms with van der Waals surface area (Å²) in [7, 11) is 0. The number of aliphatic carboxylic acids is 2. The average Bonchev–Trinajstić information content (AvgIpc) is 2.96. The summed E-state index contributed by atoms with van der Waals surface area (Å²) in [4.78, 5) is 41.0. The maximum atomic E-state index is 10.7. The van der Waals surface area contributed by atoms with Crippen LogP contribution in [0, 0.1) is 0 Å². The van der Waals surface area contributed by atoms with Gasteiger partial charge in [0.15, 0.2) is 0 Å². The van der Waals surface area contributed by atoms with Gasteiger partial charge in [0.25, 0.3) is 0 Å². The molecule has 42 heavy (non-hydrogen) atoms. The number of rotatable bonds is 20. The van der Waals surface area contributed by atoms with Crippen LogP contribution >= 0.6 is 0 Å². The fourth-order valence-electron chi connectivity index (χ4n) is 2.37. The molecule has 1 aromatic rings. The molecule has 0 saturated carbocycles. The number of hydrogen-bond acceptors (Lipinski definition) is 11. The van der Waals surface area contributed by atoms with Gasteiger partial charge in [-0.1, -0.05) is 31.5 Å². The average molecular weight is 607 g/mol. The lowest BCUT2D eigenvalue weighted by Crippen LogP contribution is -2.09. The third-order valence-electron chi connectivity index (χ3n) is 4.28. The lowest BCUT2D eigenvalue weighted by Gasteiger charge is -2.02. The van der Waals surface area contributed by atoms with Gasteiger partial charge in [0.05, 0.1) is 59.1 Å². The fraction of sp³-hybridized carbons (Fsp3) is 0.655. The summed E-state index contributed by atoms with van der Waals surface area (Å²) in [6.45, 7) is 9.26. The first-order chi connectivity index (χ1) is 20.2. The zero-order chi connectivity index (χ0) is 32.3. The van der Waals surface area contributed by atoms with Crippen LogP contribution in [0.25, 0.3) is 0 Å². The molecule has 0 radical (unpaired) electrons. The second-order valence-corrected chi connectivity index (χ2v) is 7.94. The summed E-state index contributed by atoms with van der Waals surface area (Å²) in [5.74, 6) is -1.81. The summed E-state index contributed by atoms with van der Waals surface area (Å²) in [5.41, 5.74) is 0. The van der Waals surface area contributed by atoms with Crippen LogP contribution in [-0.4, -0.2) is 104 Å². The van der Waals surface area contributed by atoms with E-state index in [0.29, 0.717) is 39.6 Å². The second-order valence-electron chi connectivity index (χ2n) is 7.94. The Bertz CT molecular complexity index is 717. The number of aliphatic hydroxyl groups excluding tert-OH is 2. The monoisotopic (exact) mass is 606 g/mol. The standard InChI is InChI=1S/C8H14O4.C8H18O3.C8H10O2.C5H8O4/c1-3-11-7(9)5-6-8(10)12-4-2;1-2-3-5-10-7-8-11-6-4-9;9-6-7-10-8-4-2-1-3-5-8;6-4(7)2-1-3-5(8)9/h3-6H2,1-2H3;9H,2-8H2,1H3;1-5,9H,6-7H2;1-3H2,(H,6,7)(H,8,9). The van der Waals surface area contributed by atoms with Gasteiger partial charge in [0.2, 0.25) is 0 Å². The summed E-state index contributed by atoms with van der Waals surface area (Å²) in [6.07, 6.45) is 2.57. The molecular formula is C29H50O13.